The van der Waals surface area contributed by atoms with Gasteiger partial charge >= 0.3 is 0 Å². The van der Waals surface area contributed by atoms with Crippen molar-refractivity contribution in [2.75, 3.05) is 24.6 Å². The van der Waals surface area contributed by atoms with Gasteiger partial charge in [0.05, 0.1) is 18.1 Å². The first-order valence-corrected chi connectivity index (χ1v) is 8.10. The topological polar surface area (TPSA) is 84.5 Å². The lowest BCUT2D eigenvalue weighted by Gasteiger charge is -2.21. The molecule has 1 rings (SSSR count). The van der Waals surface area contributed by atoms with Gasteiger partial charge in [0.15, 0.2) is 5.96 Å². The molecular weight excluding hydrogens is 250 g/mol. The molecule has 0 aromatic carbocycles. The van der Waals surface area contributed by atoms with Gasteiger partial charge in [0.1, 0.15) is 9.84 Å². The smallest absolute Gasteiger partial charge is 0.188 e. The van der Waals surface area contributed by atoms with Crippen molar-refractivity contribution in [1.29, 1.82) is 0 Å². The fourth-order valence-corrected chi connectivity index (χ4v) is 3.50. The Morgan fingerprint density at radius 2 is 2.06 bits per heavy atom. The maximum atomic E-state index is 11.3. The Labute approximate surface area is 109 Å². The molecule has 6 heteroatoms. The normalized spacial score (nSPS) is 20.6. The van der Waals surface area contributed by atoms with Crippen molar-refractivity contribution in [3.8, 4) is 0 Å². The average molecular weight is 273 g/mol. The predicted molar refractivity (Wildman–Crippen MR) is 75.3 cm³/mol. The number of sulfone groups is 1. The van der Waals surface area contributed by atoms with E-state index < -0.39 is 9.84 Å². The van der Waals surface area contributed by atoms with Gasteiger partial charge in [-0.25, -0.2) is 13.4 Å². The quantitative estimate of drug-likeness (QED) is 0.438. The number of guanidine groups is 1. The highest BCUT2D eigenvalue weighted by atomic mass is 32.2. The van der Waals surface area contributed by atoms with Crippen LogP contribution in [0.1, 0.15) is 26.2 Å². The molecule has 0 bridgehead atoms. The molecule has 0 saturated carbocycles. The number of nitrogens with zero attached hydrogens (tertiary/aromatic N) is 1. The number of aliphatic imine (C=N–C) groups is 1. The molecule has 0 amide bonds. The van der Waals surface area contributed by atoms with Gasteiger partial charge < -0.3 is 11.1 Å². The van der Waals surface area contributed by atoms with Gasteiger partial charge in [-0.2, -0.15) is 0 Å². The number of hydrogen-bond acceptors (Lipinski definition) is 3. The van der Waals surface area contributed by atoms with E-state index in [0.29, 0.717) is 29.9 Å². The molecule has 5 nitrogen and oxygen atoms in total. The minimum Gasteiger partial charge on any atom is -0.370 e. The first kappa shape index (κ1) is 15.0. The Morgan fingerprint density at radius 1 is 1.44 bits per heavy atom. The van der Waals surface area contributed by atoms with Crippen molar-refractivity contribution in [2.24, 2.45) is 16.6 Å². The third kappa shape index (κ3) is 6.05. The molecule has 0 aromatic rings. The van der Waals surface area contributed by atoms with Gasteiger partial charge in [-0.15, -0.1) is 0 Å². The Hall–Kier alpha value is -1.04. The molecule has 0 aromatic heterocycles. The van der Waals surface area contributed by atoms with Gasteiger partial charge in [0.25, 0.3) is 0 Å². The van der Waals surface area contributed by atoms with Gasteiger partial charge in [0, 0.05) is 6.54 Å². The van der Waals surface area contributed by atoms with Crippen LogP contribution in [0, 0.1) is 5.92 Å². The molecule has 1 fully saturated rings. The van der Waals surface area contributed by atoms with E-state index in [1.165, 1.54) is 0 Å². The summed E-state index contributed by atoms with van der Waals surface area (Å²) in [6.45, 7) is 6.94. The molecule has 1 saturated heterocycles. The molecule has 1 heterocycles. The van der Waals surface area contributed by atoms with Gasteiger partial charge in [-0.05, 0) is 32.1 Å². The Kier molecular flexibility index (Phi) is 5.65. The predicted octanol–water partition coefficient (Wildman–Crippen LogP) is 0.682. The molecule has 1 aliphatic heterocycles. The SMILES string of the molecule is C=C(C)CN=C(N)NCCC1CCS(=O)(=O)CC1. The molecule has 18 heavy (non-hydrogen) atoms. The van der Waals surface area contributed by atoms with Crippen molar-refractivity contribution in [3.05, 3.63) is 12.2 Å². The van der Waals surface area contributed by atoms with E-state index in [4.69, 9.17) is 5.73 Å². The summed E-state index contributed by atoms with van der Waals surface area (Å²) in [5.74, 6) is 1.57. The summed E-state index contributed by atoms with van der Waals surface area (Å²) >= 11 is 0. The van der Waals surface area contributed by atoms with Crippen molar-refractivity contribution in [1.82, 2.24) is 5.32 Å². The van der Waals surface area contributed by atoms with E-state index in [1.54, 1.807) is 0 Å². The highest BCUT2D eigenvalue weighted by Crippen LogP contribution is 2.21. The second-order valence-electron chi connectivity index (χ2n) is 4.97. The maximum absolute atomic E-state index is 11.3. The highest BCUT2D eigenvalue weighted by Gasteiger charge is 2.22. The molecule has 0 aliphatic carbocycles. The Bertz CT molecular complexity index is 401. The molecule has 104 valence electrons. The summed E-state index contributed by atoms with van der Waals surface area (Å²) in [5, 5.41) is 3.04. The standard InChI is InChI=1S/C12H23N3O2S/c1-10(2)9-15-12(13)14-6-3-11-4-7-18(16,17)8-5-11/h11H,1,3-9H2,2H3,(H3,13,14,15). The van der Waals surface area contributed by atoms with E-state index in [1.807, 2.05) is 6.92 Å². The lowest BCUT2D eigenvalue weighted by atomic mass is 9.99. The van der Waals surface area contributed by atoms with Crippen LogP contribution in [0.2, 0.25) is 0 Å². The van der Waals surface area contributed by atoms with Crippen LogP contribution in [0.15, 0.2) is 17.1 Å². The molecule has 0 atom stereocenters. The summed E-state index contributed by atoms with van der Waals surface area (Å²) in [5.41, 5.74) is 6.65. The van der Waals surface area contributed by atoms with Crippen LogP contribution in [-0.2, 0) is 9.84 Å². The van der Waals surface area contributed by atoms with Gasteiger partial charge in [-0.1, -0.05) is 12.2 Å². The van der Waals surface area contributed by atoms with Crippen LogP contribution in [0.25, 0.3) is 0 Å². The van der Waals surface area contributed by atoms with Crippen LogP contribution in [0.4, 0.5) is 0 Å². The lowest BCUT2D eigenvalue weighted by Crippen LogP contribution is -2.34. The number of nitrogens with one attached hydrogen (secondary N) is 1. The van der Waals surface area contributed by atoms with E-state index in [0.717, 1.165) is 31.4 Å². The highest BCUT2D eigenvalue weighted by molar-refractivity contribution is 7.91. The maximum Gasteiger partial charge on any atom is 0.188 e. The summed E-state index contributed by atoms with van der Waals surface area (Å²) in [7, 11) is -2.75. The largest absolute Gasteiger partial charge is 0.370 e. The molecular formula is C12H23N3O2S. The first-order valence-electron chi connectivity index (χ1n) is 6.27. The van der Waals surface area contributed by atoms with Crippen LogP contribution in [0.5, 0.6) is 0 Å². The molecule has 3 N–H and O–H groups in total. The monoisotopic (exact) mass is 273 g/mol. The summed E-state index contributed by atoms with van der Waals surface area (Å²) in [6, 6.07) is 0. The zero-order chi connectivity index (χ0) is 13.6. The third-order valence-corrected chi connectivity index (χ3v) is 4.77. The zero-order valence-electron chi connectivity index (χ0n) is 11.0. The molecule has 1 aliphatic rings. The third-order valence-electron chi connectivity index (χ3n) is 3.05. The second kappa shape index (κ2) is 6.78. The van der Waals surface area contributed by atoms with Crippen LogP contribution in [0.3, 0.4) is 0 Å². The van der Waals surface area contributed by atoms with Crippen molar-refractivity contribution in [2.45, 2.75) is 26.2 Å². The average Bonchev–Trinajstić information content (AvgIpc) is 2.29. The van der Waals surface area contributed by atoms with Crippen LogP contribution >= 0.6 is 0 Å². The fraction of sp³-hybridized carbons (Fsp3) is 0.750. The minimum absolute atomic E-state index is 0.330. The Balaban J connectivity index is 2.19. The molecule has 0 spiro atoms. The number of nitrogens with two attached hydrogens (primary N) is 1. The fourth-order valence-electron chi connectivity index (χ4n) is 1.91. The van der Waals surface area contributed by atoms with Crippen LogP contribution < -0.4 is 11.1 Å². The van der Waals surface area contributed by atoms with Crippen LogP contribution in [-0.4, -0.2) is 39.0 Å². The molecule has 0 unspecified atom stereocenters. The second-order valence-corrected chi connectivity index (χ2v) is 7.27. The van der Waals surface area contributed by atoms with E-state index in [2.05, 4.69) is 16.9 Å². The lowest BCUT2D eigenvalue weighted by molar-refractivity contribution is 0.434. The van der Waals surface area contributed by atoms with E-state index >= 15 is 0 Å². The minimum atomic E-state index is -2.75. The first-order chi connectivity index (χ1) is 8.39. The number of hydrogen-bond donors (Lipinski definition) is 2. The van der Waals surface area contributed by atoms with Crippen molar-refractivity contribution in [3.63, 3.8) is 0 Å². The van der Waals surface area contributed by atoms with Crippen molar-refractivity contribution < 1.29 is 8.42 Å². The summed E-state index contributed by atoms with van der Waals surface area (Å²) in [6.07, 6.45) is 2.48. The Morgan fingerprint density at radius 3 is 2.61 bits per heavy atom. The van der Waals surface area contributed by atoms with E-state index in [-0.39, 0.29) is 0 Å². The molecule has 0 radical (unpaired) electrons. The zero-order valence-corrected chi connectivity index (χ0v) is 11.8. The van der Waals surface area contributed by atoms with E-state index in [9.17, 15) is 8.42 Å². The summed E-state index contributed by atoms with van der Waals surface area (Å²) < 4.78 is 22.5. The van der Waals surface area contributed by atoms with Gasteiger partial charge in [0.2, 0.25) is 0 Å². The number of rotatable bonds is 5. The van der Waals surface area contributed by atoms with Crippen molar-refractivity contribution >= 4 is 15.8 Å². The summed E-state index contributed by atoms with van der Waals surface area (Å²) in [4.78, 5) is 4.12. The van der Waals surface area contributed by atoms with Gasteiger partial charge in [-0.3, -0.25) is 0 Å².